The van der Waals surface area contributed by atoms with Crippen LogP contribution >= 0.6 is 23.2 Å². The van der Waals surface area contributed by atoms with Crippen molar-refractivity contribution in [2.24, 2.45) is 0 Å². The molecule has 106 valence electrons. The van der Waals surface area contributed by atoms with Gasteiger partial charge in [-0.2, -0.15) is 5.16 Å². The van der Waals surface area contributed by atoms with Crippen molar-refractivity contribution in [3.8, 4) is 0 Å². The van der Waals surface area contributed by atoms with Crippen molar-refractivity contribution in [3.05, 3.63) is 56.0 Å². The van der Waals surface area contributed by atoms with Gasteiger partial charge in [-0.1, -0.05) is 29.3 Å². The van der Waals surface area contributed by atoms with Crippen LogP contribution in [0.1, 0.15) is 36.1 Å². The van der Waals surface area contributed by atoms with Crippen molar-refractivity contribution in [3.63, 3.8) is 0 Å². The van der Waals surface area contributed by atoms with E-state index >= 15 is 0 Å². The van der Waals surface area contributed by atoms with Gasteiger partial charge in [0.2, 0.25) is 0 Å². The topological polar surface area (TPSA) is 58.0 Å². The average molecular weight is 313 g/mol. The minimum atomic E-state index is -0.195. The van der Waals surface area contributed by atoms with Crippen LogP contribution in [-0.2, 0) is 0 Å². The van der Waals surface area contributed by atoms with E-state index in [1.54, 1.807) is 6.07 Å². The normalized spacial score (nSPS) is 22.9. The fourth-order valence-corrected chi connectivity index (χ4v) is 3.24. The maximum atomic E-state index is 11.2. The zero-order valence-corrected chi connectivity index (χ0v) is 12.2. The third-order valence-electron chi connectivity index (χ3n) is 3.69. The van der Waals surface area contributed by atoms with E-state index in [1.807, 2.05) is 12.1 Å². The molecule has 1 aromatic heterocycles. The van der Waals surface area contributed by atoms with E-state index < -0.39 is 0 Å². The van der Waals surface area contributed by atoms with Gasteiger partial charge in [0.15, 0.2) is 0 Å². The van der Waals surface area contributed by atoms with E-state index in [2.05, 4.69) is 10.5 Å². The predicted octanol–water partition coefficient (Wildman–Crippen LogP) is 3.48. The lowest BCUT2D eigenvalue weighted by atomic mass is 9.87. The fraction of sp³-hybridized carbons (Fsp3) is 0.357. The van der Waals surface area contributed by atoms with Crippen LogP contribution in [0.5, 0.6) is 0 Å². The molecule has 1 aliphatic rings. The van der Waals surface area contributed by atoms with Crippen LogP contribution in [0.25, 0.3) is 0 Å². The molecule has 2 aromatic rings. The first-order valence-electron chi connectivity index (χ1n) is 6.50. The molecule has 6 heteroatoms. The monoisotopic (exact) mass is 312 g/mol. The lowest BCUT2D eigenvalue weighted by Gasteiger charge is -2.29. The molecule has 2 heterocycles. The van der Waals surface area contributed by atoms with Crippen molar-refractivity contribution >= 4 is 23.2 Å². The Morgan fingerprint density at radius 1 is 1.25 bits per heavy atom. The van der Waals surface area contributed by atoms with E-state index in [4.69, 9.17) is 27.7 Å². The molecular formula is C14H14Cl2N2O2. The second-order valence-electron chi connectivity index (χ2n) is 5.01. The molecule has 1 aliphatic heterocycles. The third kappa shape index (κ3) is 2.77. The van der Waals surface area contributed by atoms with Crippen LogP contribution in [0.15, 0.2) is 33.6 Å². The fourth-order valence-electron chi connectivity index (χ4n) is 2.70. The number of hydrogen-bond acceptors (Lipinski definition) is 3. The Balaban J connectivity index is 1.83. The van der Waals surface area contributed by atoms with Crippen molar-refractivity contribution in [1.29, 1.82) is 0 Å². The maximum absolute atomic E-state index is 11.2. The standard InChI is InChI=1S/C14H14Cl2N2O2/c15-9-1-2-10(11(16)6-9)12-5-8(3-4-17-12)13-7-14(19)18-20-13/h1-2,6-8,12,17H,3-5H2,(H,18,19). The molecule has 2 N–H and O–H groups in total. The zero-order valence-electron chi connectivity index (χ0n) is 10.7. The molecule has 1 saturated heterocycles. The largest absolute Gasteiger partial charge is 0.383 e. The summed E-state index contributed by atoms with van der Waals surface area (Å²) in [6.07, 6.45) is 1.77. The Morgan fingerprint density at radius 3 is 2.80 bits per heavy atom. The summed E-state index contributed by atoms with van der Waals surface area (Å²) in [6.45, 7) is 0.850. The van der Waals surface area contributed by atoms with Gasteiger partial charge in [0, 0.05) is 28.1 Å². The predicted molar refractivity (Wildman–Crippen MR) is 78.5 cm³/mol. The molecule has 1 aromatic carbocycles. The molecule has 0 bridgehead atoms. The van der Waals surface area contributed by atoms with E-state index in [0.717, 1.165) is 24.9 Å². The first-order chi connectivity index (χ1) is 9.63. The van der Waals surface area contributed by atoms with Crippen molar-refractivity contribution < 1.29 is 4.52 Å². The number of hydrogen-bond donors (Lipinski definition) is 2. The van der Waals surface area contributed by atoms with Crippen molar-refractivity contribution in [1.82, 2.24) is 10.5 Å². The van der Waals surface area contributed by atoms with Crippen LogP contribution in [-0.4, -0.2) is 11.7 Å². The summed E-state index contributed by atoms with van der Waals surface area (Å²) in [5.41, 5.74) is 0.832. The number of H-pyrrole nitrogens is 1. The molecule has 20 heavy (non-hydrogen) atoms. The molecule has 0 spiro atoms. The van der Waals surface area contributed by atoms with Gasteiger partial charge in [0.25, 0.3) is 5.56 Å². The Morgan fingerprint density at radius 2 is 2.10 bits per heavy atom. The summed E-state index contributed by atoms with van der Waals surface area (Å²) in [5, 5.41) is 7.08. The summed E-state index contributed by atoms with van der Waals surface area (Å²) in [6, 6.07) is 7.19. The molecule has 0 radical (unpaired) electrons. The van der Waals surface area contributed by atoms with Crippen LogP contribution in [0, 0.1) is 0 Å². The lowest BCUT2D eigenvalue weighted by molar-refractivity contribution is 0.295. The summed E-state index contributed by atoms with van der Waals surface area (Å²) >= 11 is 12.2. The molecule has 0 saturated carbocycles. The molecule has 1 fully saturated rings. The van der Waals surface area contributed by atoms with Crippen LogP contribution < -0.4 is 10.9 Å². The third-order valence-corrected chi connectivity index (χ3v) is 4.25. The van der Waals surface area contributed by atoms with Gasteiger partial charge in [-0.05, 0) is 37.1 Å². The van der Waals surface area contributed by atoms with E-state index in [0.29, 0.717) is 15.8 Å². The Bertz CT molecular complexity index is 665. The number of aromatic amines is 1. The number of benzene rings is 1. The first-order valence-corrected chi connectivity index (χ1v) is 7.26. The number of halogens is 2. The SMILES string of the molecule is O=c1cc(C2CCNC(c3ccc(Cl)cc3Cl)C2)o[nH]1. The molecule has 3 rings (SSSR count). The highest BCUT2D eigenvalue weighted by Gasteiger charge is 2.27. The van der Waals surface area contributed by atoms with Gasteiger partial charge in [-0.25, -0.2) is 0 Å². The first kappa shape index (κ1) is 13.7. The smallest absolute Gasteiger partial charge is 0.280 e. The molecule has 0 amide bonds. The highest BCUT2D eigenvalue weighted by atomic mass is 35.5. The Labute approximate surface area is 126 Å². The molecular weight excluding hydrogens is 299 g/mol. The summed E-state index contributed by atoms with van der Waals surface area (Å²) in [7, 11) is 0. The highest BCUT2D eigenvalue weighted by Crippen LogP contribution is 2.36. The molecule has 4 nitrogen and oxygen atoms in total. The molecule has 0 aliphatic carbocycles. The highest BCUT2D eigenvalue weighted by molar-refractivity contribution is 6.35. The van der Waals surface area contributed by atoms with Crippen LogP contribution in [0.2, 0.25) is 10.0 Å². The number of piperidine rings is 1. The lowest BCUT2D eigenvalue weighted by Crippen LogP contribution is -2.31. The molecule has 2 atom stereocenters. The van der Waals surface area contributed by atoms with Gasteiger partial charge < -0.3 is 9.84 Å². The summed E-state index contributed by atoms with van der Waals surface area (Å²) in [5.74, 6) is 0.929. The Kier molecular flexibility index (Phi) is 3.87. The van der Waals surface area contributed by atoms with Crippen LogP contribution in [0.3, 0.4) is 0 Å². The van der Waals surface area contributed by atoms with Gasteiger partial charge >= 0.3 is 0 Å². The van der Waals surface area contributed by atoms with Crippen molar-refractivity contribution in [2.75, 3.05) is 6.54 Å². The second kappa shape index (κ2) is 5.64. The van der Waals surface area contributed by atoms with E-state index in [1.165, 1.54) is 6.07 Å². The number of rotatable bonds is 2. The van der Waals surface area contributed by atoms with Gasteiger partial charge in [0.1, 0.15) is 5.76 Å². The second-order valence-corrected chi connectivity index (χ2v) is 5.85. The summed E-state index contributed by atoms with van der Waals surface area (Å²) in [4.78, 5) is 11.2. The van der Waals surface area contributed by atoms with Crippen LogP contribution in [0.4, 0.5) is 0 Å². The number of nitrogens with one attached hydrogen (secondary N) is 2. The summed E-state index contributed by atoms with van der Waals surface area (Å²) < 4.78 is 5.22. The van der Waals surface area contributed by atoms with Crippen molar-refractivity contribution in [2.45, 2.75) is 24.8 Å². The minimum Gasteiger partial charge on any atom is -0.383 e. The van der Waals surface area contributed by atoms with Gasteiger partial charge in [-0.3, -0.25) is 4.79 Å². The van der Waals surface area contributed by atoms with E-state index in [-0.39, 0.29) is 17.5 Å². The van der Waals surface area contributed by atoms with Gasteiger partial charge in [-0.15, -0.1) is 0 Å². The van der Waals surface area contributed by atoms with Gasteiger partial charge in [0.05, 0.1) is 0 Å². The average Bonchev–Trinajstić information content (AvgIpc) is 2.86. The molecule has 2 unspecified atom stereocenters. The minimum absolute atomic E-state index is 0.138. The quantitative estimate of drug-likeness (QED) is 0.892. The van der Waals surface area contributed by atoms with E-state index in [9.17, 15) is 4.79 Å². The maximum Gasteiger partial charge on any atom is 0.280 e. The zero-order chi connectivity index (χ0) is 14.1. The Hall–Kier alpha value is -1.23. The number of aromatic nitrogens is 1.